The minimum absolute atomic E-state index is 0.221. The molecule has 0 aromatic heterocycles. The van der Waals surface area contributed by atoms with Gasteiger partial charge in [0.15, 0.2) is 0 Å². The van der Waals surface area contributed by atoms with Gasteiger partial charge in [0.25, 0.3) is 10.0 Å². The Morgan fingerprint density at radius 2 is 1.57 bits per heavy atom. The molecular weight excluding hydrogens is 329 g/mol. The van der Waals surface area contributed by atoms with Gasteiger partial charge in [-0.2, -0.15) is 0 Å². The van der Waals surface area contributed by atoms with Crippen LogP contribution in [0.2, 0.25) is 10.0 Å². The SMILES string of the molecule is Cc1cc(S(=O)(=O)Nc2ccc(Cl)cc2C)c(C)cc1Cl. The standard InChI is InChI=1S/C15H15Cl2NO2S/c1-9-8-15(11(3)7-13(9)17)21(19,20)18-14-5-4-12(16)6-10(14)2/h4-8,18H,1-3H3. The number of halogens is 2. The maximum absolute atomic E-state index is 12.5. The van der Waals surface area contributed by atoms with Gasteiger partial charge in [-0.15, -0.1) is 0 Å². The number of aryl methyl sites for hydroxylation is 3. The van der Waals surface area contributed by atoms with Crippen molar-refractivity contribution in [1.82, 2.24) is 0 Å². The fourth-order valence-electron chi connectivity index (χ4n) is 1.99. The summed E-state index contributed by atoms with van der Waals surface area (Å²) in [4.78, 5) is 0.221. The van der Waals surface area contributed by atoms with Crippen LogP contribution in [0.5, 0.6) is 0 Å². The first kappa shape index (κ1) is 16.1. The van der Waals surface area contributed by atoms with Crippen LogP contribution in [0.4, 0.5) is 5.69 Å². The van der Waals surface area contributed by atoms with Gasteiger partial charge in [0.1, 0.15) is 0 Å². The number of hydrogen-bond donors (Lipinski definition) is 1. The van der Waals surface area contributed by atoms with Crippen LogP contribution in [0.1, 0.15) is 16.7 Å². The van der Waals surface area contributed by atoms with Crippen LogP contribution in [0, 0.1) is 20.8 Å². The van der Waals surface area contributed by atoms with Gasteiger partial charge in [0.2, 0.25) is 0 Å². The normalized spacial score (nSPS) is 11.5. The molecular formula is C15H15Cl2NO2S. The average molecular weight is 344 g/mol. The Balaban J connectivity index is 2.46. The van der Waals surface area contributed by atoms with Gasteiger partial charge < -0.3 is 0 Å². The van der Waals surface area contributed by atoms with E-state index in [-0.39, 0.29) is 4.90 Å². The molecule has 0 amide bonds. The van der Waals surface area contributed by atoms with E-state index in [4.69, 9.17) is 23.2 Å². The Labute approximate surface area is 135 Å². The Bertz CT molecular complexity index is 802. The highest BCUT2D eigenvalue weighted by Crippen LogP contribution is 2.27. The molecule has 0 aliphatic carbocycles. The van der Waals surface area contributed by atoms with Gasteiger partial charge in [-0.05, 0) is 67.8 Å². The lowest BCUT2D eigenvalue weighted by molar-refractivity contribution is 0.600. The third-order valence-corrected chi connectivity index (χ3v) is 5.33. The summed E-state index contributed by atoms with van der Waals surface area (Å²) in [6.07, 6.45) is 0. The van der Waals surface area contributed by atoms with Crippen LogP contribution in [0.3, 0.4) is 0 Å². The molecule has 6 heteroatoms. The van der Waals surface area contributed by atoms with Crippen LogP contribution >= 0.6 is 23.2 Å². The molecule has 3 nitrogen and oxygen atoms in total. The molecule has 21 heavy (non-hydrogen) atoms. The summed E-state index contributed by atoms with van der Waals surface area (Å²) in [5.41, 5.74) is 2.58. The second-order valence-corrected chi connectivity index (χ2v) is 7.43. The summed E-state index contributed by atoms with van der Waals surface area (Å²) in [6, 6.07) is 8.23. The summed E-state index contributed by atoms with van der Waals surface area (Å²) in [5.74, 6) is 0. The third kappa shape index (κ3) is 3.51. The van der Waals surface area contributed by atoms with E-state index in [1.54, 1.807) is 51.1 Å². The Morgan fingerprint density at radius 1 is 0.905 bits per heavy atom. The summed E-state index contributed by atoms with van der Waals surface area (Å²) in [6.45, 7) is 5.28. The first-order chi connectivity index (χ1) is 9.70. The highest BCUT2D eigenvalue weighted by molar-refractivity contribution is 7.92. The zero-order valence-electron chi connectivity index (χ0n) is 11.9. The van der Waals surface area contributed by atoms with Crippen molar-refractivity contribution in [3.05, 3.63) is 57.1 Å². The lowest BCUT2D eigenvalue weighted by Crippen LogP contribution is -2.15. The molecule has 0 aliphatic rings. The first-order valence-corrected chi connectivity index (χ1v) is 8.50. The Hall–Kier alpha value is -1.23. The molecule has 2 rings (SSSR count). The van der Waals surface area contributed by atoms with E-state index >= 15 is 0 Å². The summed E-state index contributed by atoms with van der Waals surface area (Å²) in [5, 5.41) is 1.11. The fourth-order valence-corrected chi connectivity index (χ4v) is 3.87. The van der Waals surface area contributed by atoms with Crippen molar-refractivity contribution in [2.24, 2.45) is 0 Å². The predicted octanol–water partition coefficient (Wildman–Crippen LogP) is 4.72. The van der Waals surface area contributed by atoms with E-state index in [0.29, 0.717) is 21.3 Å². The number of nitrogens with one attached hydrogen (secondary N) is 1. The van der Waals surface area contributed by atoms with Crippen LogP contribution in [0.15, 0.2) is 35.2 Å². The minimum Gasteiger partial charge on any atom is -0.279 e. The molecule has 2 aromatic rings. The first-order valence-electron chi connectivity index (χ1n) is 6.26. The molecule has 0 bridgehead atoms. The lowest BCUT2D eigenvalue weighted by Gasteiger charge is -2.13. The highest BCUT2D eigenvalue weighted by Gasteiger charge is 2.19. The van der Waals surface area contributed by atoms with E-state index in [2.05, 4.69) is 4.72 Å². The quantitative estimate of drug-likeness (QED) is 0.876. The molecule has 0 saturated heterocycles. The van der Waals surface area contributed by atoms with Gasteiger partial charge in [0, 0.05) is 10.0 Å². The molecule has 0 spiro atoms. The average Bonchev–Trinajstić information content (AvgIpc) is 2.37. The van der Waals surface area contributed by atoms with Crippen molar-refractivity contribution in [2.75, 3.05) is 4.72 Å². The maximum Gasteiger partial charge on any atom is 0.262 e. The molecule has 0 atom stereocenters. The van der Waals surface area contributed by atoms with Gasteiger partial charge in [-0.25, -0.2) is 8.42 Å². The zero-order valence-corrected chi connectivity index (χ0v) is 14.2. The number of benzene rings is 2. The second kappa shape index (κ2) is 5.87. The second-order valence-electron chi connectivity index (χ2n) is 4.93. The lowest BCUT2D eigenvalue weighted by atomic mass is 10.2. The molecule has 112 valence electrons. The molecule has 0 saturated carbocycles. The summed E-state index contributed by atoms with van der Waals surface area (Å²) in [7, 11) is -3.67. The van der Waals surface area contributed by atoms with Crippen molar-refractivity contribution in [1.29, 1.82) is 0 Å². The van der Waals surface area contributed by atoms with E-state index in [1.165, 1.54) is 0 Å². The minimum atomic E-state index is -3.67. The predicted molar refractivity (Wildman–Crippen MR) is 87.9 cm³/mol. The number of anilines is 1. The summed E-state index contributed by atoms with van der Waals surface area (Å²) >= 11 is 11.9. The number of hydrogen-bond acceptors (Lipinski definition) is 2. The van der Waals surface area contributed by atoms with Crippen molar-refractivity contribution < 1.29 is 8.42 Å². The molecule has 0 aliphatic heterocycles. The van der Waals surface area contributed by atoms with Crippen molar-refractivity contribution in [3.63, 3.8) is 0 Å². The molecule has 2 aromatic carbocycles. The van der Waals surface area contributed by atoms with E-state index in [1.807, 2.05) is 0 Å². The zero-order chi connectivity index (χ0) is 15.8. The molecule has 0 fully saturated rings. The Morgan fingerprint density at radius 3 is 2.19 bits per heavy atom. The van der Waals surface area contributed by atoms with E-state index in [9.17, 15) is 8.42 Å². The van der Waals surface area contributed by atoms with Crippen molar-refractivity contribution in [3.8, 4) is 0 Å². The molecule has 0 unspecified atom stereocenters. The fraction of sp³-hybridized carbons (Fsp3) is 0.200. The van der Waals surface area contributed by atoms with Gasteiger partial charge in [-0.1, -0.05) is 23.2 Å². The van der Waals surface area contributed by atoms with Crippen LogP contribution < -0.4 is 4.72 Å². The van der Waals surface area contributed by atoms with Gasteiger partial charge >= 0.3 is 0 Å². The van der Waals surface area contributed by atoms with E-state index in [0.717, 1.165) is 11.1 Å². The van der Waals surface area contributed by atoms with Crippen molar-refractivity contribution in [2.45, 2.75) is 25.7 Å². The highest BCUT2D eigenvalue weighted by atomic mass is 35.5. The molecule has 1 N–H and O–H groups in total. The van der Waals surface area contributed by atoms with Crippen LogP contribution in [-0.4, -0.2) is 8.42 Å². The molecule has 0 radical (unpaired) electrons. The van der Waals surface area contributed by atoms with Gasteiger partial charge in [-0.3, -0.25) is 4.72 Å². The smallest absolute Gasteiger partial charge is 0.262 e. The van der Waals surface area contributed by atoms with Crippen LogP contribution in [-0.2, 0) is 10.0 Å². The topological polar surface area (TPSA) is 46.2 Å². The Kier molecular flexibility index (Phi) is 4.51. The van der Waals surface area contributed by atoms with Crippen molar-refractivity contribution >= 4 is 38.9 Å². The molecule has 0 heterocycles. The maximum atomic E-state index is 12.5. The number of rotatable bonds is 3. The number of sulfonamides is 1. The monoisotopic (exact) mass is 343 g/mol. The largest absolute Gasteiger partial charge is 0.279 e. The van der Waals surface area contributed by atoms with E-state index < -0.39 is 10.0 Å². The summed E-state index contributed by atoms with van der Waals surface area (Å²) < 4.78 is 27.7. The van der Waals surface area contributed by atoms with Gasteiger partial charge in [0.05, 0.1) is 10.6 Å². The van der Waals surface area contributed by atoms with Crippen LogP contribution in [0.25, 0.3) is 0 Å². The third-order valence-electron chi connectivity index (χ3n) is 3.18.